The van der Waals surface area contributed by atoms with Gasteiger partial charge in [-0.2, -0.15) is 0 Å². The van der Waals surface area contributed by atoms with Gasteiger partial charge in [-0.1, -0.05) is 17.7 Å². The third-order valence-corrected chi connectivity index (χ3v) is 1.69. The molecule has 12 heavy (non-hydrogen) atoms. The second kappa shape index (κ2) is 4.05. The summed E-state index contributed by atoms with van der Waals surface area (Å²) in [5.41, 5.74) is 0.796. The van der Waals surface area contributed by atoms with E-state index in [2.05, 4.69) is 0 Å². The van der Waals surface area contributed by atoms with Gasteiger partial charge in [0.25, 0.3) is 0 Å². The fourth-order valence-corrected chi connectivity index (χ4v) is 1.03. The molecule has 0 aliphatic carbocycles. The summed E-state index contributed by atoms with van der Waals surface area (Å²) in [6.07, 6.45) is 1.76. The van der Waals surface area contributed by atoms with Crippen LogP contribution in [0.3, 0.4) is 0 Å². The molecular weight excluding hydrogens is 179 g/mol. The summed E-state index contributed by atoms with van der Waals surface area (Å²) in [5.74, 6) is 1.19. The van der Waals surface area contributed by atoms with Crippen LogP contribution >= 0.6 is 11.6 Å². The third kappa shape index (κ3) is 2.19. The second-order valence-electron chi connectivity index (χ2n) is 2.27. The molecule has 1 rings (SSSR count). The highest BCUT2D eigenvalue weighted by Gasteiger charge is 1.98. The molecule has 0 radical (unpaired) electrons. The van der Waals surface area contributed by atoms with Crippen molar-refractivity contribution in [3.8, 4) is 0 Å². The minimum absolute atomic E-state index is 0.0757. The van der Waals surface area contributed by atoms with Crippen molar-refractivity contribution >= 4 is 17.5 Å². The van der Waals surface area contributed by atoms with Crippen LogP contribution in [0.4, 0.5) is 4.39 Å². The van der Waals surface area contributed by atoms with Gasteiger partial charge >= 0.3 is 0 Å². The van der Waals surface area contributed by atoms with Crippen molar-refractivity contribution in [1.29, 1.82) is 0 Å². The van der Waals surface area contributed by atoms with Crippen molar-refractivity contribution in [1.82, 2.24) is 0 Å². The van der Waals surface area contributed by atoms with Crippen molar-refractivity contribution < 1.29 is 9.18 Å². The molecule has 62 valence electrons. The number of rotatable bonds is 2. The molecule has 0 aliphatic rings. The maximum atomic E-state index is 12.6. The Morgan fingerprint density at radius 1 is 1.58 bits per heavy atom. The van der Waals surface area contributed by atoms with Crippen molar-refractivity contribution in [2.24, 2.45) is 0 Å². The summed E-state index contributed by atoms with van der Waals surface area (Å²) >= 11 is 5.51. The van der Waals surface area contributed by atoms with Crippen LogP contribution in [0.25, 0.3) is 0 Å². The number of hydrogen-bond donors (Lipinski definition) is 0. The highest BCUT2D eigenvalue weighted by atomic mass is 35.5. The van der Waals surface area contributed by atoms with Crippen molar-refractivity contribution in [2.75, 3.05) is 0 Å². The minimum atomic E-state index is -0.449. The summed E-state index contributed by atoms with van der Waals surface area (Å²) in [7, 11) is 0. The molecule has 1 nitrogen and oxygen atoms in total. The van der Waals surface area contributed by atoms with E-state index in [9.17, 15) is 9.18 Å². The summed E-state index contributed by atoms with van der Waals surface area (Å²) in [5, 5.41) is 0.0757. The second-order valence-corrected chi connectivity index (χ2v) is 2.68. The van der Waals surface area contributed by atoms with Gasteiger partial charge in [0.15, 0.2) is 0 Å². The van der Waals surface area contributed by atoms with E-state index in [1.165, 1.54) is 18.2 Å². The molecule has 0 N–H and O–H groups in total. The average molecular weight is 185 g/mol. The number of carbonyl (C=O) groups excluding carboxylic acids is 1. The van der Waals surface area contributed by atoms with E-state index in [0.717, 1.165) is 5.56 Å². The Hall–Kier alpha value is -1.11. The third-order valence-electron chi connectivity index (χ3n) is 1.41. The SMILES string of the molecule is O=C=CCc1ccc(F)c(Cl)c1. The van der Waals surface area contributed by atoms with Crippen LogP contribution < -0.4 is 0 Å². The first-order valence-corrected chi connectivity index (χ1v) is 3.75. The monoisotopic (exact) mass is 184 g/mol. The molecule has 0 saturated carbocycles. The zero-order valence-electron chi connectivity index (χ0n) is 6.18. The summed E-state index contributed by atoms with van der Waals surface area (Å²) in [6.45, 7) is 0. The van der Waals surface area contributed by atoms with Crippen LogP contribution in [0.1, 0.15) is 5.56 Å². The highest BCUT2D eigenvalue weighted by Crippen LogP contribution is 2.16. The molecule has 3 heteroatoms. The van der Waals surface area contributed by atoms with E-state index in [1.54, 1.807) is 12.0 Å². The molecule has 0 unspecified atom stereocenters. The van der Waals surface area contributed by atoms with Gasteiger partial charge in [-0.05, 0) is 17.7 Å². The van der Waals surface area contributed by atoms with E-state index >= 15 is 0 Å². The fraction of sp³-hybridized carbons (Fsp3) is 0.111. The van der Waals surface area contributed by atoms with E-state index < -0.39 is 5.82 Å². The maximum Gasteiger partial charge on any atom is 0.141 e. The summed E-state index contributed by atoms with van der Waals surface area (Å²) < 4.78 is 12.6. The van der Waals surface area contributed by atoms with E-state index in [0.29, 0.717) is 6.42 Å². The lowest BCUT2D eigenvalue weighted by atomic mass is 10.1. The predicted molar refractivity (Wildman–Crippen MR) is 45.4 cm³/mol. The normalized spacial score (nSPS) is 9.17. The first-order chi connectivity index (χ1) is 5.74. The predicted octanol–water partition coefficient (Wildman–Crippen LogP) is 2.41. The van der Waals surface area contributed by atoms with Crippen LogP contribution in [0.15, 0.2) is 24.3 Å². The van der Waals surface area contributed by atoms with Crippen LogP contribution in [-0.4, -0.2) is 5.94 Å². The molecule has 0 atom stereocenters. The molecule has 0 heterocycles. The maximum absolute atomic E-state index is 12.6. The zero-order valence-corrected chi connectivity index (χ0v) is 6.94. The zero-order chi connectivity index (χ0) is 8.97. The topological polar surface area (TPSA) is 17.1 Å². The molecule has 0 aliphatic heterocycles. The Labute approximate surface area is 74.5 Å². The molecule has 0 amide bonds. The van der Waals surface area contributed by atoms with E-state index in [1.807, 2.05) is 0 Å². The number of halogens is 2. The lowest BCUT2D eigenvalue weighted by Gasteiger charge is -1.96. The van der Waals surface area contributed by atoms with Gasteiger partial charge in [0, 0.05) is 12.5 Å². The number of allylic oxidation sites excluding steroid dienone is 1. The smallest absolute Gasteiger partial charge is 0.141 e. The number of hydrogen-bond acceptors (Lipinski definition) is 1. The van der Waals surface area contributed by atoms with Gasteiger partial charge in [-0.25, -0.2) is 9.18 Å². The largest absolute Gasteiger partial charge is 0.234 e. The Bertz CT molecular complexity index is 329. The van der Waals surface area contributed by atoms with Gasteiger partial charge in [0.1, 0.15) is 11.8 Å². The van der Waals surface area contributed by atoms with Crippen LogP contribution in [0.5, 0.6) is 0 Å². The molecule has 0 saturated heterocycles. The first-order valence-electron chi connectivity index (χ1n) is 3.37. The summed E-state index contributed by atoms with van der Waals surface area (Å²) in [6, 6.07) is 4.34. The van der Waals surface area contributed by atoms with Gasteiger partial charge in [-0.3, -0.25) is 0 Å². The van der Waals surface area contributed by atoms with E-state index in [4.69, 9.17) is 11.6 Å². The molecule has 0 spiro atoms. The lowest BCUT2D eigenvalue weighted by molar-refractivity contribution is 0.568. The lowest BCUT2D eigenvalue weighted by Crippen LogP contribution is -1.83. The van der Waals surface area contributed by atoms with Crippen LogP contribution in [-0.2, 0) is 11.2 Å². The Kier molecular flexibility index (Phi) is 3.03. The van der Waals surface area contributed by atoms with Crippen LogP contribution in [0, 0.1) is 5.82 Å². The average Bonchev–Trinajstić information content (AvgIpc) is 2.07. The number of benzene rings is 1. The fourth-order valence-electron chi connectivity index (χ4n) is 0.826. The molecule has 1 aromatic rings. The van der Waals surface area contributed by atoms with E-state index in [-0.39, 0.29) is 5.02 Å². The quantitative estimate of drug-likeness (QED) is 0.646. The highest BCUT2D eigenvalue weighted by molar-refractivity contribution is 6.30. The Morgan fingerprint density at radius 3 is 2.92 bits per heavy atom. The molecule has 0 bridgehead atoms. The van der Waals surface area contributed by atoms with Crippen molar-refractivity contribution in [3.05, 3.63) is 40.7 Å². The van der Waals surface area contributed by atoms with Crippen molar-refractivity contribution in [2.45, 2.75) is 6.42 Å². The molecule has 0 fully saturated rings. The molecule has 0 aromatic heterocycles. The van der Waals surface area contributed by atoms with Gasteiger partial charge in [0.2, 0.25) is 0 Å². The first kappa shape index (κ1) is 8.98. The van der Waals surface area contributed by atoms with Gasteiger partial charge in [0.05, 0.1) is 5.02 Å². The Balaban J connectivity index is 2.89. The Morgan fingerprint density at radius 2 is 2.33 bits per heavy atom. The standard InChI is InChI=1S/C9H6ClFO/c10-8-6-7(2-1-5-12)3-4-9(8)11/h1,3-4,6H,2H2. The van der Waals surface area contributed by atoms with Gasteiger partial charge in [-0.15, -0.1) is 0 Å². The summed E-state index contributed by atoms with van der Waals surface area (Å²) in [4.78, 5) is 9.84. The minimum Gasteiger partial charge on any atom is -0.234 e. The van der Waals surface area contributed by atoms with Gasteiger partial charge < -0.3 is 0 Å². The molecule has 1 aromatic carbocycles. The van der Waals surface area contributed by atoms with Crippen LogP contribution in [0.2, 0.25) is 5.02 Å². The molecular formula is C9H6ClFO. The van der Waals surface area contributed by atoms with Crippen molar-refractivity contribution in [3.63, 3.8) is 0 Å².